The van der Waals surface area contributed by atoms with Crippen LogP contribution in [0.25, 0.3) is 0 Å². The highest BCUT2D eigenvalue weighted by atomic mass is 35.5. The number of rotatable bonds is 6. The first-order chi connectivity index (χ1) is 15.5. The molecule has 4 aromatic rings. The van der Waals surface area contributed by atoms with Gasteiger partial charge in [-0.3, -0.25) is 14.8 Å². The number of aryl methyl sites for hydroxylation is 2. The van der Waals surface area contributed by atoms with Crippen LogP contribution in [-0.4, -0.2) is 25.8 Å². The van der Waals surface area contributed by atoms with Crippen LogP contribution in [0, 0.1) is 13.8 Å². The van der Waals surface area contributed by atoms with E-state index in [-0.39, 0.29) is 11.6 Å². The summed E-state index contributed by atoms with van der Waals surface area (Å²) < 4.78 is 0. The van der Waals surface area contributed by atoms with E-state index in [1.165, 1.54) is 0 Å². The molecule has 0 atom stereocenters. The van der Waals surface area contributed by atoms with Crippen LogP contribution >= 0.6 is 11.6 Å². The van der Waals surface area contributed by atoms with Gasteiger partial charge in [0.15, 0.2) is 0 Å². The average molecular weight is 446 g/mol. The number of nitrogens with one attached hydrogen (secondary N) is 3. The molecule has 0 saturated heterocycles. The molecule has 0 spiro atoms. The third-order valence-corrected chi connectivity index (χ3v) is 5.00. The topological polar surface area (TPSA) is 105 Å². The van der Waals surface area contributed by atoms with Gasteiger partial charge < -0.3 is 16.0 Å². The highest BCUT2D eigenvalue weighted by Gasteiger charge is 2.10. The summed E-state index contributed by atoms with van der Waals surface area (Å²) >= 11 is 6.26. The van der Waals surface area contributed by atoms with Crippen molar-refractivity contribution in [3.05, 3.63) is 89.4 Å². The second kappa shape index (κ2) is 9.40. The van der Waals surface area contributed by atoms with Crippen molar-refractivity contribution in [2.45, 2.75) is 13.8 Å². The monoisotopic (exact) mass is 445 g/mol. The Morgan fingerprint density at radius 2 is 1.56 bits per heavy atom. The highest BCUT2D eigenvalue weighted by Crippen LogP contribution is 2.26. The number of nitrogens with zero attached hydrogens (tertiary/aromatic N) is 4. The standard InChI is InChI=1S/C23H20ClN7O/c1-14-11-16(5-8-25-14)29-17-6-9-27-21(12-17)31-23(32)20-4-3-18(13-28-20)30-19-7-10-26-15(2)22(19)24/h3-13H,1-2H3,(H,26,30)(H2,25,27,29,31,32). The number of anilines is 5. The molecular formula is C23H20ClN7O. The van der Waals surface area contributed by atoms with E-state index in [9.17, 15) is 4.79 Å². The average Bonchev–Trinajstić information content (AvgIpc) is 2.78. The summed E-state index contributed by atoms with van der Waals surface area (Å²) in [5.41, 5.74) is 5.00. The lowest BCUT2D eigenvalue weighted by Crippen LogP contribution is -2.14. The van der Waals surface area contributed by atoms with E-state index in [0.717, 1.165) is 28.5 Å². The van der Waals surface area contributed by atoms with Crippen LogP contribution in [-0.2, 0) is 0 Å². The van der Waals surface area contributed by atoms with Gasteiger partial charge in [0.2, 0.25) is 0 Å². The maximum atomic E-state index is 12.6. The van der Waals surface area contributed by atoms with Crippen LogP contribution in [0.2, 0.25) is 5.02 Å². The largest absolute Gasteiger partial charge is 0.355 e. The minimum atomic E-state index is -0.362. The van der Waals surface area contributed by atoms with Crippen molar-refractivity contribution >= 4 is 46.1 Å². The smallest absolute Gasteiger partial charge is 0.275 e. The van der Waals surface area contributed by atoms with E-state index in [1.54, 1.807) is 49.1 Å². The third-order valence-electron chi connectivity index (χ3n) is 4.53. The van der Waals surface area contributed by atoms with Crippen LogP contribution < -0.4 is 16.0 Å². The summed E-state index contributed by atoms with van der Waals surface area (Å²) in [5.74, 6) is 0.0487. The first kappa shape index (κ1) is 21.2. The fourth-order valence-corrected chi connectivity index (χ4v) is 3.11. The lowest BCUT2D eigenvalue weighted by atomic mass is 10.2. The van der Waals surface area contributed by atoms with Gasteiger partial charge in [-0.05, 0) is 50.2 Å². The number of carbonyl (C=O) groups excluding carboxylic acids is 1. The molecule has 0 bridgehead atoms. The molecule has 3 N–H and O–H groups in total. The van der Waals surface area contributed by atoms with Crippen LogP contribution in [0.3, 0.4) is 0 Å². The molecule has 0 aliphatic carbocycles. The molecule has 1 amide bonds. The number of hydrogen-bond donors (Lipinski definition) is 3. The maximum absolute atomic E-state index is 12.6. The minimum absolute atomic E-state index is 0.262. The minimum Gasteiger partial charge on any atom is -0.355 e. The van der Waals surface area contributed by atoms with E-state index < -0.39 is 0 Å². The second-order valence-electron chi connectivity index (χ2n) is 7.01. The normalized spacial score (nSPS) is 10.5. The van der Waals surface area contributed by atoms with Crippen molar-refractivity contribution in [2.75, 3.05) is 16.0 Å². The first-order valence-electron chi connectivity index (χ1n) is 9.79. The van der Waals surface area contributed by atoms with Crippen LogP contribution in [0.15, 0.2) is 67.3 Å². The van der Waals surface area contributed by atoms with Gasteiger partial charge in [-0.25, -0.2) is 9.97 Å². The zero-order valence-corrected chi connectivity index (χ0v) is 18.2. The molecule has 0 aliphatic rings. The fourth-order valence-electron chi connectivity index (χ4n) is 2.95. The fraction of sp³-hybridized carbons (Fsp3) is 0.0870. The molecule has 0 fully saturated rings. The Hall–Kier alpha value is -4.04. The predicted molar refractivity (Wildman–Crippen MR) is 126 cm³/mol. The molecule has 8 nitrogen and oxygen atoms in total. The van der Waals surface area contributed by atoms with Gasteiger partial charge >= 0.3 is 0 Å². The van der Waals surface area contributed by atoms with Gasteiger partial charge in [-0.2, -0.15) is 0 Å². The molecule has 160 valence electrons. The molecule has 0 aliphatic heterocycles. The molecule has 0 radical (unpaired) electrons. The molecule has 0 saturated carbocycles. The van der Waals surface area contributed by atoms with Crippen LogP contribution in [0.4, 0.5) is 28.6 Å². The summed E-state index contributed by atoms with van der Waals surface area (Å²) in [6.07, 6.45) is 6.59. The van der Waals surface area contributed by atoms with Crippen molar-refractivity contribution in [3.63, 3.8) is 0 Å². The zero-order chi connectivity index (χ0) is 22.5. The van der Waals surface area contributed by atoms with Gasteiger partial charge in [0.25, 0.3) is 5.91 Å². The van der Waals surface area contributed by atoms with E-state index in [4.69, 9.17) is 11.6 Å². The Bertz CT molecular complexity index is 1260. The lowest BCUT2D eigenvalue weighted by Gasteiger charge is -2.10. The number of halogens is 1. The van der Waals surface area contributed by atoms with Crippen molar-refractivity contribution in [1.29, 1.82) is 0 Å². The zero-order valence-electron chi connectivity index (χ0n) is 17.4. The van der Waals surface area contributed by atoms with E-state index in [0.29, 0.717) is 16.5 Å². The van der Waals surface area contributed by atoms with Crippen LogP contribution in [0.1, 0.15) is 21.9 Å². The van der Waals surface area contributed by atoms with Crippen molar-refractivity contribution in [2.24, 2.45) is 0 Å². The Balaban J connectivity index is 1.42. The molecule has 32 heavy (non-hydrogen) atoms. The lowest BCUT2D eigenvalue weighted by molar-refractivity contribution is 0.102. The van der Waals surface area contributed by atoms with E-state index >= 15 is 0 Å². The Morgan fingerprint density at radius 1 is 0.812 bits per heavy atom. The molecule has 0 unspecified atom stereocenters. The Morgan fingerprint density at radius 3 is 2.31 bits per heavy atom. The van der Waals surface area contributed by atoms with Gasteiger partial charge in [0, 0.05) is 41.7 Å². The van der Waals surface area contributed by atoms with Crippen molar-refractivity contribution < 1.29 is 4.79 Å². The quantitative estimate of drug-likeness (QED) is 0.371. The molecule has 0 aromatic carbocycles. The molecule has 9 heteroatoms. The van der Waals surface area contributed by atoms with Crippen LogP contribution in [0.5, 0.6) is 0 Å². The summed E-state index contributed by atoms with van der Waals surface area (Å²) in [7, 11) is 0. The predicted octanol–water partition coefficient (Wildman–Crippen LogP) is 5.28. The van der Waals surface area contributed by atoms with Gasteiger partial charge in [0.1, 0.15) is 11.5 Å². The summed E-state index contributed by atoms with van der Waals surface area (Å²) in [4.78, 5) is 29.4. The number of amides is 1. The maximum Gasteiger partial charge on any atom is 0.275 e. The molecule has 4 heterocycles. The first-order valence-corrected chi connectivity index (χ1v) is 10.2. The van der Waals surface area contributed by atoms with Crippen molar-refractivity contribution in [1.82, 2.24) is 19.9 Å². The number of aromatic nitrogens is 4. The Labute approximate surface area is 190 Å². The Kier molecular flexibility index (Phi) is 6.23. The van der Waals surface area contributed by atoms with Crippen molar-refractivity contribution in [3.8, 4) is 0 Å². The third kappa shape index (κ3) is 5.16. The van der Waals surface area contributed by atoms with Gasteiger partial charge in [-0.15, -0.1) is 0 Å². The molecule has 4 aromatic heterocycles. The van der Waals surface area contributed by atoms with Gasteiger partial charge in [-0.1, -0.05) is 11.6 Å². The number of hydrogen-bond acceptors (Lipinski definition) is 7. The molecule has 4 rings (SSSR count). The number of pyridine rings is 4. The summed E-state index contributed by atoms with van der Waals surface area (Å²) in [6.45, 7) is 3.75. The molecular weight excluding hydrogens is 426 g/mol. The van der Waals surface area contributed by atoms with E-state index in [1.807, 2.05) is 32.0 Å². The SMILES string of the molecule is Cc1cc(Nc2ccnc(NC(=O)c3ccc(Nc4ccnc(C)c4Cl)cn3)c2)ccn1. The second-order valence-corrected chi connectivity index (χ2v) is 7.39. The number of carbonyl (C=O) groups is 1. The highest BCUT2D eigenvalue weighted by molar-refractivity contribution is 6.33. The van der Waals surface area contributed by atoms with E-state index in [2.05, 4.69) is 35.9 Å². The summed E-state index contributed by atoms with van der Waals surface area (Å²) in [6, 6.07) is 12.5. The summed E-state index contributed by atoms with van der Waals surface area (Å²) in [5, 5.41) is 9.74. The van der Waals surface area contributed by atoms with Gasteiger partial charge in [0.05, 0.1) is 28.3 Å².